The SMILES string of the molecule is Cc1cccc(NC(=O)CCCNC(=O)c2ccc(Cl)cc2)c1. The van der Waals surface area contributed by atoms with Gasteiger partial charge in [-0.2, -0.15) is 0 Å². The Labute approximate surface area is 140 Å². The Morgan fingerprint density at radius 3 is 2.52 bits per heavy atom. The van der Waals surface area contributed by atoms with E-state index < -0.39 is 0 Å². The first-order chi connectivity index (χ1) is 11.0. The zero-order valence-corrected chi connectivity index (χ0v) is 13.7. The molecule has 0 radical (unpaired) electrons. The molecule has 2 amide bonds. The van der Waals surface area contributed by atoms with E-state index in [1.54, 1.807) is 24.3 Å². The molecule has 120 valence electrons. The maximum atomic E-state index is 11.9. The average molecular weight is 331 g/mol. The molecule has 0 aromatic heterocycles. The molecule has 0 aliphatic rings. The first-order valence-corrected chi connectivity index (χ1v) is 7.83. The van der Waals surface area contributed by atoms with Crippen LogP contribution in [-0.2, 0) is 4.79 Å². The number of nitrogens with one attached hydrogen (secondary N) is 2. The molecule has 0 fully saturated rings. The van der Waals surface area contributed by atoms with Crippen LogP contribution in [0.1, 0.15) is 28.8 Å². The number of rotatable bonds is 6. The van der Waals surface area contributed by atoms with Crippen molar-refractivity contribution in [3.05, 3.63) is 64.7 Å². The molecule has 0 atom stereocenters. The first kappa shape index (κ1) is 17.0. The molecule has 4 nitrogen and oxygen atoms in total. The molecule has 2 rings (SSSR count). The van der Waals surface area contributed by atoms with Crippen molar-refractivity contribution in [2.45, 2.75) is 19.8 Å². The Kier molecular flexibility index (Phi) is 6.18. The van der Waals surface area contributed by atoms with Crippen LogP contribution < -0.4 is 10.6 Å². The van der Waals surface area contributed by atoms with Gasteiger partial charge in [-0.25, -0.2) is 0 Å². The summed E-state index contributed by atoms with van der Waals surface area (Å²) in [4.78, 5) is 23.7. The van der Waals surface area contributed by atoms with Crippen molar-refractivity contribution in [3.8, 4) is 0 Å². The number of hydrogen-bond donors (Lipinski definition) is 2. The summed E-state index contributed by atoms with van der Waals surface area (Å²) >= 11 is 5.78. The Hall–Kier alpha value is -2.33. The first-order valence-electron chi connectivity index (χ1n) is 7.45. The van der Waals surface area contributed by atoms with Crippen molar-refractivity contribution in [2.75, 3.05) is 11.9 Å². The lowest BCUT2D eigenvalue weighted by Gasteiger charge is -2.07. The van der Waals surface area contributed by atoms with Crippen LogP contribution in [0.15, 0.2) is 48.5 Å². The van der Waals surface area contributed by atoms with Gasteiger partial charge in [0.1, 0.15) is 0 Å². The van der Waals surface area contributed by atoms with Crippen LogP contribution in [0.25, 0.3) is 0 Å². The zero-order valence-electron chi connectivity index (χ0n) is 12.9. The predicted octanol–water partition coefficient (Wildman–Crippen LogP) is 3.80. The van der Waals surface area contributed by atoms with Crippen LogP contribution in [0.2, 0.25) is 5.02 Å². The predicted molar refractivity (Wildman–Crippen MR) is 92.8 cm³/mol. The van der Waals surface area contributed by atoms with Gasteiger partial charge in [0.2, 0.25) is 5.91 Å². The summed E-state index contributed by atoms with van der Waals surface area (Å²) in [6, 6.07) is 14.3. The molecule has 2 N–H and O–H groups in total. The van der Waals surface area contributed by atoms with Crippen LogP contribution in [0, 0.1) is 6.92 Å². The second-order valence-electron chi connectivity index (χ2n) is 5.28. The second-order valence-corrected chi connectivity index (χ2v) is 5.72. The summed E-state index contributed by atoms with van der Waals surface area (Å²) in [6.07, 6.45) is 0.936. The van der Waals surface area contributed by atoms with E-state index in [9.17, 15) is 9.59 Å². The molecule has 0 spiro atoms. The zero-order chi connectivity index (χ0) is 16.7. The molecule has 2 aromatic rings. The number of carbonyl (C=O) groups is 2. The van der Waals surface area contributed by atoms with E-state index in [1.165, 1.54) is 0 Å². The number of aryl methyl sites for hydroxylation is 1. The monoisotopic (exact) mass is 330 g/mol. The Morgan fingerprint density at radius 1 is 1.09 bits per heavy atom. The molecule has 2 aromatic carbocycles. The minimum atomic E-state index is -0.166. The summed E-state index contributed by atoms with van der Waals surface area (Å²) < 4.78 is 0. The number of halogens is 1. The fourth-order valence-electron chi connectivity index (χ4n) is 2.10. The molecule has 0 aliphatic heterocycles. The van der Waals surface area contributed by atoms with E-state index in [2.05, 4.69) is 10.6 Å². The Bertz CT molecular complexity index is 684. The van der Waals surface area contributed by atoms with Gasteiger partial charge in [0, 0.05) is 29.2 Å². The van der Waals surface area contributed by atoms with Crippen molar-refractivity contribution in [1.82, 2.24) is 5.32 Å². The molecule has 0 saturated carbocycles. The second kappa shape index (κ2) is 8.34. The summed E-state index contributed by atoms with van der Waals surface area (Å²) in [5.74, 6) is -0.225. The van der Waals surface area contributed by atoms with Crippen LogP contribution in [0.3, 0.4) is 0 Å². The number of anilines is 1. The number of carbonyl (C=O) groups excluding carboxylic acids is 2. The fraction of sp³-hybridized carbons (Fsp3) is 0.222. The van der Waals surface area contributed by atoms with Gasteiger partial charge in [-0.1, -0.05) is 23.7 Å². The van der Waals surface area contributed by atoms with Crippen molar-refractivity contribution in [1.29, 1.82) is 0 Å². The third kappa shape index (κ3) is 5.75. The molecular formula is C18H19ClN2O2. The molecular weight excluding hydrogens is 312 g/mol. The normalized spacial score (nSPS) is 10.2. The van der Waals surface area contributed by atoms with Crippen LogP contribution >= 0.6 is 11.6 Å². The van der Waals surface area contributed by atoms with E-state index >= 15 is 0 Å². The summed E-state index contributed by atoms with van der Waals surface area (Å²) in [5.41, 5.74) is 2.44. The van der Waals surface area contributed by atoms with Crippen molar-refractivity contribution in [2.24, 2.45) is 0 Å². The van der Waals surface area contributed by atoms with Crippen molar-refractivity contribution in [3.63, 3.8) is 0 Å². The lowest BCUT2D eigenvalue weighted by Crippen LogP contribution is -2.25. The summed E-state index contributed by atoms with van der Waals surface area (Å²) in [5, 5.41) is 6.22. The molecule has 5 heteroatoms. The van der Waals surface area contributed by atoms with Gasteiger partial charge in [0.25, 0.3) is 5.91 Å². The maximum Gasteiger partial charge on any atom is 0.251 e. The molecule has 0 heterocycles. The standard InChI is InChI=1S/C18H19ClN2O2/c1-13-4-2-5-16(12-13)21-17(22)6-3-11-20-18(23)14-7-9-15(19)10-8-14/h2,4-5,7-10,12H,3,6,11H2,1H3,(H,20,23)(H,21,22). The largest absolute Gasteiger partial charge is 0.352 e. The summed E-state index contributed by atoms with van der Waals surface area (Å²) in [7, 11) is 0. The smallest absolute Gasteiger partial charge is 0.251 e. The van der Waals surface area contributed by atoms with E-state index in [0.717, 1.165) is 11.3 Å². The fourth-order valence-corrected chi connectivity index (χ4v) is 2.23. The van der Waals surface area contributed by atoms with Gasteiger partial charge in [0.05, 0.1) is 0 Å². The summed E-state index contributed by atoms with van der Waals surface area (Å²) in [6.45, 7) is 2.42. The van der Waals surface area contributed by atoms with E-state index in [-0.39, 0.29) is 11.8 Å². The van der Waals surface area contributed by atoms with Gasteiger partial charge >= 0.3 is 0 Å². The Morgan fingerprint density at radius 2 is 1.83 bits per heavy atom. The quantitative estimate of drug-likeness (QED) is 0.791. The molecule has 0 aliphatic carbocycles. The highest BCUT2D eigenvalue weighted by atomic mass is 35.5. The average Bonchev–Trinajstić information content (AvgIpc) is 2.52. The lowest BCUT2D eigenvalue weighted by atomic mass is 10.2. The molecule has 23 heavy (non-hydrogen) atoms. The molecule has 0 saturated heterocycles. The van der Waals surface area contributed by atoms with Gasteiger partial charge in [-0.15, -0.1) is 0 Å². The van der Waals surface area contributed by atoms with E-state index in [1.807, 2.05) is 31.2 Å². The number of benzene rings is 2. The minimum Gasteiger partial charge on any atom is -0.352 e. The van der Waals surface area contributed by atoms with Gasteiger partial charge in [0.15, 0.2) is 0 Å². The lowest BCUT2D eigenvalue weighted by molar-refractivity contribution is -0.116. The van der Waals surface area contributed by atoms with Crippen LogP contribution in [0.4, 0.5) is 5.69 Å². The third-order valence-corrected chi connectivity index (χ3v) is 3.53. The highest BCUT2D eigenvalue weighted by Gasteiger charge is 2.06. The van der Waals surface area contributed by atoms with E-state index in [4.69, 9.17) is 11.6 Å². The van der Waals surface area contributed by atoms with Gasteiger partial charge in [-0.3, -0.25) is 9.59 Å². The van der Waals surface area contributed by atoms with Crippen molar-refractivity contribution >= 4 is 29.1 Å². The van der Waals surface area contributed by atoms with Gasteiger partial charge in [-0.05, 0) is 55.3 Å². The van der Waals surface area contributed by atoms with Crippen LogP contribution in [-0.4, -0.2) is 18.4 Å². The van der Waals surface area contributed by atoms with Gasteiger partial charge < -0.3 is 10.6 Å². The molecule has 0 bridgehead atoms. The number of amides is 2. The molecule has 0 unspecified atom stereocenters. The highest BCUT2D eigenvalue weighted by Crippen LogP contribution is 2.11. The third-order valence-electron chi connectivity index (χ3n) is 3.27. The Balaban J connectivity index is 1.69. The minimum absolute atomic E-state index is 0.0589. The van der Waals surface area contributed by atoms with Crippen molar-refractivity contribution < 1.29 is 9.59 Å². The maximum absolute atomic E-state index is 11.9. The van der Waals surface area contributed by atoms with Crippen LogP contribution in [0.5, 0.6) is 0 Å². The number of hydrogen-bond acceptors (Lipinski definition) is 2. The highest BCUT2D eigenvalue weighted by molar-refractivity contribution is 6.30. The topological polar surface area (TPSA) is 58.2 Å². The van der Waals surface area contributed by atoms with E-state index in [0.29, 0.717) is 30.0 Å².